The van der Waals surface area contributed by atoms with E-state index >= 15 is 0 Å². The quantitative estimate of drug-likeness (QED) is 0.592. The van der Waals surface area contributed by atoms with Crippen LogP contribution in [0.3, 0.4) is 0 Å². The standard InChI is InChI=1S/C21H27NO4S/c1-2-3-4-12-25-27(24)22-18-8-10-19(11-9-18)26-21-7-5-6-17-13-16(15-23)14-20(17)21/h5-11,16,22-23H,2-4,12-15H2,1H3. The molecule has 2 N–H and O–H groups in total. The predicted octanol–water partition coefficient (Wildman–Crippen LogP) is 4.38. The topological polar surface area (TPSA) is 67.8 Å². The Kier molecular flexibility index (Phi) is 7.26. The van der Waals surface area contributed by atoms with Crippen LogP contribution in [0.2, 0.25) is 0 Å². The number of aliphatic hydroxyl groups is 1. The van der Waals surface area contributed by atoms with Gasteiger partial charge >= 0.3 is 0 Å². The van der Waals surface area contributed by atoms with Crippen molar-refractivity contribution in [3.05, 3.63) is 53.6 Å². The molecule has 2 aromatic rings. The molecule has 27 heavy (non-hydrogen) atoms. The van der Waals surface area contributed by atoms with Gasteiger partial charge in [0, 0.05) is 12.3 Å². The van der Waals surface area contributed by atoms with Crippen molar-refractivity contribution in [3.63, 3.8) is 0 Å². The monoisotopic (exact) mass is 389 g/mol. The highest BCUT2D eigenvalue weighted by Crippen LogP contribution is 2.36. The third-order valence-electron chi connectivity index (χ3n) is 4.71. The molecule has 0 aromatic heterocycles. The van der Waals surface area contributed by atoms with E-state index in [1.54, 1.807) is 0 Å². The molecule has 3 rings (SSSR count). The summed E-state index contributed by atoms with van der Waals surface area (Å²) < 4.78 is 26.0. The van der Waals surface area contributed by atoms with E-state index in [0.717, 1.165) is 49.3 Å². The van der Waals surface area contributed by atoms with Crippen LogP contribution in [0.25, 0.3) is 0 Å². The molecule has 0 saturated heterocycles. The number of hydrogen-bond acceptors (Lipinski definition) is 4. The molecule has 2 atom stereocenters. The van der Waals surface area contributed by atoms with Gasteiger partial charge in [-0.1, -0.05) is 31.9 Å². The molecule has 2 unspecified atom stereocenters. The summed E-state index contributed by atoms with van der Waals surface area (Å²) in [5.74, 6) is 1.84. The Hall–Kier alpha value is -1.89. The average molecular weight is 390 g/mol. The van der Waals surface area contributed by atoms with E-state index < -0.39 is 11.3 Å². The summed E-state index contributed by atoms with van der Waals surface area (Å²) in [6.07, 6.45) is 4.84. The van der Waals surface area contributed by atoms with Crippen LogP contribution < -0.4 is 9.46 Å². The first-order valence-electron chi connectivity index (χ1n) is 9.50. The zero-order chi connectivity index (χ0) is 19.1. The van der Waals surface area contributed by atoms with E-state index in [-0.39, 0.29) is 12.5 Å². The first kappa shape index (κ1) is 19.9. The van der Waals surface area contributed by atoms with E-state index in [0.29, 0.717) is 6.61 Å². The maximum absolute atomic E-state index is 11.9. The molecule has 146 valence electrons. The Balaban J connectivity index is 1.56. The van der Waals surface area contributed by atoms with E-state index in [1.165, 1.54) is 11.1 Å². The predicted molar refractivity (Wildman–Crippen MR) is 108 cm³/mol. The van der Waals surface area contributed by atoms with Crippen LogP contribution in [0.15, 0.2) is 42.5 Å². The van der Waals surface area contributed by atoms with Crippen LogP contribution in [-0.2, 0) is 28.3 Å². The number of aliphatic hydroxyl groups excluding tert-OH is 1. The van der Waals surface area contributed by atoms with Crippen molar-refractivity contribution >= 4 is 17.0 Å². The third kappa shape index (κ3) is 5.54. The van der Waals surface area contributed by atoms with Gasteiger partial charge in [-0.3, -0.25) is 8.91 Å². The number of ether oxygens (including phenoxy) is 1. The van der Waals surface area contributed by atoms with Crippen LogP contribution >= 0.6 is 0 Å². The lowest BCUT2D eigenvalue weighted by Crippen LogP contribution is -2.09. The minimum Gasteiger partial charge on any atom is -0.457 e. The highest BCUT2D eigenvalue weighted by molar-refractivity contribution is 7.81. The van der Waals surface area contributed by atoms with Crippen molar-refractivity contribution in [1.82, 2.24) is 0 Å². The maximum atomic E-state index is 11.9. The Bertz CT molecular complexity index is 763. The minimum atomic E-state index is -1.54. The molecular weight excluding hydrogens is 362 g/mol. The number of nitrogens with one attached hydrogen (secondary N) is 1. The molecule has 0 amide bonds. The second-order valence-corrected chi connectivity index (χ2v) is 7.75. The number of anilines is 1. The summed E-state index contributed by atoms with van der Waals surface area (Å²) >= 11 is -1.54. The highest BCUT2D eigenvalue weighted by Gasteiger charge is 2.24. The zero-order valence-corrected chi connectivity index (χ0v) is 16.5. The molecule has 2 aromatic carbocycles. The Morgan fingerprint density at radius 3 is 2.70 bits per heavy atom. The number of rotatable bonds is 10. The normalized spacial score (nSPS) is 16.7. The molecule has 1 aliphatic carbocycles. The van der Waals surface area contributed by atoms with Gasteiger partial charge in [0.15, 0.2) is 0 Å². The van der Waals surface area contributed by atoms with Gasteiger partial charge in [-0.15, -0.1) is 0 Å². The summed E-state index contributed by atoms with van der Waals surface area (Å²) in [4.78, 5) is 0. The molecule has 0 aliphatic heterocycles. The first-order valence-corrected chi connectivity index (χ1v) is 10.6. The van der Waals surface area contributed by atoms with Crippen molar-refractivity contribution in [2.45, 2.75) is 39.0 Å². The number of unbranched alkanes of at least 4 members (excludes halogenated alkanes) is 2. The van der Waals surface area contributed by atoms with Crippen LogP contribution in [0.5, 0.6) is 11.5 Å². The summed E-state index contributed by atoms with van der Waals surface area (Å²) in [7, 11) is 0. The Morgan fingerprint density at radius 2 is 1.96 bits per heavy atom. The molecule has 0 saturated carbocycles. The van der Waals surface area contributed by atoms with Crippen LogP contribution in [-0.4, -0.2) is 22.5 Å². The molecular formula is C21H27NO4S. The molecule has 0 bridgehead atoms. The highest BCUT2D eigenvalue weighted by atomic mass is 32.2. The van der Waals surface area contributed by atoms with Gasteiger partial charge in [0.05, 0.1) is 6.61 Å². The van der Waals surface area contributed by atoms with Gasteiger partial charge < -0.3 is 9.84 Å². The number of benzene rings is 2. The molecule has 1 aliphatic rings. The third-order valence-corrected chi connectivity index (χ3v) is 5.49. The maximum Gasteiger partial charge on any atom is 0.261 e. The first-order chi connectivity index (χ1) is 13.2. The van der Waals surface area contributed by atoms with E-state index in [9.17, 15) is 9.32 Å². The van der Waals surface area contributed by atoms with Crippen molar-refractivity contribution in [2.75, 3.05) is 17.9 Å². The van der Waals surface area contributed by atoms with Crippen LogP contribution in [0.1, 0.15) is 37.3 Å². The van der Waals surface area contributed by atoms with Crippen molar-refractivity contribution in [1.29, 1.82) is 0 Å². The minimum absolute atomic E-state index is 0.201. The van der Waals surface area contributed by atoms with Crippen molar-refractivity contribution < 1.29 is 18.2 Å². The van der Waals surface area contributed by atoms with Gasteiger partial charge in [-0.05, 0) is 66.6 Å². The molecule has 0 spiro atoms. The largest absolute Gasteiger partial charge is 0.457 e. The summed E-state index contributed by atoms with van der Waals surface area (Å²) in [5, 5.41) is 9.42. The number of hydrogen-bond donors (Lipinski definition) is 2. The lowest BCUT2D eigenvalue weighted by Gasteiger charge is -2.11. The summed E-state index contributed by atoms with van der Waals surface area (Å²) in [6, 6.07) is 13.4. The fraction of sp³-hybridized carbons (Fsp3) is 0.429. The van der Waals surface area contributed by atoms with Crippen LogP contribution in [0.4, 0.5) is 5.69 Å². The molecule has 0 fully saturated rings. The lowest BCUT2D eigenvalue weighted by molar-refractivity contribution is 0.232. The SMILES string of the molecule is CCCCCOS(=O)Nc1ccc(Oc2cccc3c2CC(CO)C3)cc1. The van der Waals surface area contributed by atoms with Gasteiger partial charge in [-0.2, -0.15) is 0 Å². The van der Waals surface area contributed by atoms with Gasteiger partial charge in [-0.25, -0.2) is 4.21 Å². The fourth-order valence-corrected chi connectivity index (χ4v) is 3.92. The summed E-state index contributed by atoms with van der Waals surface area (Å²) in [6.45, 7) is 2.81. The fourth-order valence-electron chi connectivity index (χ4n) is 3.26. The lowest BCUT2D eigenvalue weighted by atomic mass is 10.1. The molecule has 0 radical (unpaired) electrons. The second kappa shape index (κ2) is 9.88. The van der Waals surface area contributed by atoms with Gasteiger partial charge in [0.2, 0.25) is 0 Å². The van der Waals surface area contributed by atoms with E-state index in [2.05, 4.69) is 17.7 Å². The average Bonchev–Trinajstić information content (AvgIpc) is 3.11. The van der Waals surface area contributed by atoms with E-state index in [1.807, 2.05) is 36.4 Å². The molecule has 0 heterocycles. The molecule has 6 heteroatoms. The van der Waals surface area contributed by atoms with Gasteiger partial charge in [0.1, 0.15) is 11.5 Å². The summed E-state index contributed by atoms with van der Waals surface area (Å²) in [5.41, 5.74) is 3.15. The van der Waals surface area contributed by atoms with Crippen molar-refractivity contribution in [3.8, 4) is 11.5 Å². The smallest absolute Gasteiger partial charge is 0.261 e. The van der Waals surface area contributed by atoms with E-state index in [4.69, 9.17) is 8.92 Å². The van der Waals surface area contributed by atoms with Crippen molar-refractivity contribution in [2.24, 2.45) is 5.92 Å². The molecule has 5 nitrogen and oxygen atoms in total. The van der Waals surface area contributed by atoms with Gasteiger partial charge in [0.25, 0.3) is 11.3 Å². The van der Waals surface area contributed by atoms with Crippen LogP contribution in [0, 0.1) is 5.92 Å². The Morgan fingerprint density at radius 1 is 1.15 bits per heavy atom. The number of fused-ring (bicyclic) bond motifs is 1. The second-order valence-electron chi connectivity index (χ2n) is 6.84. The Labute approximate surface area is 163 Å². The zero-order valence-electron chi connectivity index (χ0n) is 15.6.